The molecule has 0 saturated carbocycles. The lowest BCUT2D eigenvalue weighted by atomic mass is 10.2. The van der Waals surface area contributed by atoms with Crippen LogP contribution in [0.15, 0.2) is 23.1 Å². The van der Waals surface area contributed by atoms with Crippen molar-refractivity contribution in [3.8, 4) is 0 Å². The zero-order valence-electron chi connectivity index (χ0n) is 9.82. The van der Waals surface area contributed by atoms with Crippen molar-refractivity contribution in [1.29, 1.82) is 0 Å². The van der Waals surface area contributed by atoms with Gasteiger partial charge in [0, 0.05) is 4.90 Å². The van der Waals surface area contributed by atoms with Crippen molar-refractivity contribution in [3.63, 3.8) is 0 Å². The first-order valence-electron chi connectivity index (χ1n) is 5.77. The lowest BCUT2D eigenvalue weighted by Crippen LogP contribution is -1.83. The van der Waals surface area contributed by atoms with Gasteiger partial charge in [-0.2, -0.15) is 0 Å². The average Bonchev–Trinajstić information content (AvgIpc) is 2.71. The largest absolute Gasteiger partial charge is 0.240 e. The topological polar surface area (TPSA) is 12.9 Å². The van der Waals surface area contributed by atoms with Crippen LogP contribution in [0, 0.1) is 0 Å². The first-order chi connectivity index (χ1) is 7.85. The molecule has 86 valence electrons. The third-order valence-electron chi connectivity index (χ3n) is 2.64. The smallest absolute Gasteiger partial charge is 0.0951 e. The van der Waals surface area contributed by atoms with Crippen LogP contribution in [0.4, 0.5) is 0 Å². The van der Waals surface area contributed by atoms with Gasteiger partial charge in [0.25, 0.3) is 0 Å². The van der Waals surface area contributed by atoms with Crippen LogP contribution in [0.1, 0.15) is 31.2 Å². The molecule has 1 aromatic heterocycles. The molecule has 0 radical (unpaired) electrons. The molecule has 0 aliphatic heterocycles. The molecule has 2 aromatic rings. The minimum absolute atomic E-state index is 1.14. The summed E-state index contributed by atoms with van der Waals surface area (Å²) in [6.07, 6.45) is 7.11. The van der Waals surface area contributed by atoms with E-state index in [-0.39, 0.29) is 0 Å². The van der Waals surface area contributed by atoms with Gasteiger partial charge in [-0.25, -0.2) is 4.98 Å². The molecule has 3 heteroatoms. The van der Waals surface area contributed by atoms with Crippen molar-refractivity contribution < 1.29 is 0 Å². The van der Waals surface area contributed by atoms with Gasteiger partial charge in [0.2, 0.25) is 0 Å². The highest BCUT2D eigenvalue weighted by Crippen LogP contribution is 2.30. The molecule has 1 nitrogen and oxygen atoms in total. The van der Waals surface area contributed by atoms with Gasteiger partial charge in [-0.3, -0.25) is 0 Å². The molecule has 0 aliphatic carbocycles. The molecule has 0 N–H and O–H groups in total. The number of unbranched alkanes of at least 4 members (excludes halogenated alkanes) is 2. The van der Waals surface area contributed by atoms with E-state index < -0.39 is 0 Å². The number of benzene rings is 1. The maximum atomic E-state index is 4.75. The number of fused-ring (bicyclic) bond motifs is 1. The monoisotopic (exact) mass is 251 g/mol. The summed E-state index contributed by atoms with van der Waals surface area (Å²) in [5, 5.41) is 1.30. The normalized spacial score (nSPS) is 11.1. The Morgan fingerprint density at radius 3 is 2.94 bits per heavy atom. The molecule has 1 aromatic carbocycles. The summed E-state index contributed by atoms with van der Waals surface area (Å²) in [5.74, 6) is 0. The molecule has 0 spiro atoms. The van der Waals surface area contributed by atoms with E-state index in [4.69, 9.17) is 4.98 Å². The number of aromatic nitrogens is 1. The van der Waals surface area contributed by atoms with E-state index in [0.29, 0.717) is 0 Å². The maximum Gasteiger partial charge on any atom is 0.0951 e. The predicted molar refractivity (Wildman–Crippen MR) is 74.6 cm³/mol. The lowest BCUT2D eigenvalue weighted by Gasteiger charge is -1.95. The van der Waals surface area contributed by atoms with E-state index in [9.17, 15) is 0 Å². The van der Waals surface area contributed by atoms with Crippen LogP contribution in [0.5, 0.6) is 0 Å². The van der Waals surface area contributed by atoms with Crippen LogP contribution >= 0.6 is 23.1 Å². The molecule has 0 atom stereocenters. The van der Waals surface area contributed by atoms with Gasteiger partial charge in [-0.15, -0.1) is 23.1 Å². The first-order valence-corrected chi connectivity index (χ1v) is 7.81. The molecule has 0 saturated heterocycles. The summed E-state index contributed by atoms with van der Waals surface area (Å²) in [5.41, 5.74) is 1.20. The van der Waals surface area contributed by atoms with Gasteiger partial charge in [-0.05, 0) is 31.2 Å². The van der Waals surface area contributed by atoms with Gasteiger partial charge < -0.3 is 0 Å². The molecule has 0 bridgehead atoms. The number of thiazole rings is 1. The Morgan fingerprint density at radius 2 is 2.19 bits per heavy atom. The number of nitrogens with zero attached hydrogens (tertiary/aromatic N) is 1. The van der Waals surface area contributed by atoms with Crippen molar-refractivity contribution in [3.05, 3.63) is 23.2 Å². The Hall–Kier alpha value is -0.540. The van der Waals surface area contributed by atoms with Gasteiger partial charge in [0.15, 0.2) is 0 Å². The van der Waals surface area contributed by atoms with Crippen molar-refractivity contribution in [2.75, 3.05) is 6.26 Å². The van der Waals surface area contributed by atoms with Crippen LogP contribution in [0.25, 0.3) is 10.2 Å². The molecular formula is C13H17NS2. The number of hydrogen-bond acceptors (Lipinski definition) is 3. The molecule has 16 heavy (non-hydrogen) atoms. The van der Waals surface area contributed by atoms with Crippen LogP contribution in [0.2, 0.25) is 0 Å². The predicted octanol–water partition coefficient (Wildman–Crippen LogP) is 4.75. The second-order valence-electron chi connectivity index (χ2n) is 3.87. The molecular weight excluding hydrogens is 234 g/mol. The number of rotatable bonds is 5. The summed E-state index contributed by atoms with van der Waals surface area (Å²) in [7, 11) is 0. The summed E-state index contributed by atoms with van der Waals surface area (Å²) in [6.45, 7) is 2.24. The van der Waals surface area contributed by atoms with E-state index in [1.54, 1.807) is 11.8 Å². The Morgan fingerprint density at radius 1 is 1.31 bits per heavy atom. The minimum Gasteiger partial charge on any atom is -0.240 e. The molecule has 0 fully saturated rings. The third kappa shape index (κ3) is 2.58. The molecule has 1 heterocycles. The Labute approximate surface area is 105 Å². The highest BCUT2D eigenvalue weighted by atomic mass is 32.2. The van der Waals surface area contributed by atoms with Crippen molar-refractivity contribution in [1.82, 2.24) is 4.98 Å². The summed E-state index contributed by atoms with van der Waals surface area (Å²) in [6, 6.07) is 6.46. The zero-order chi connectivity index (χ0) is 11.4. The Kier molecular flexibility index (Phi) is 4.24. The lowest BCUT2D eigenvalue weighted by molar-refractivity contribution is 0.715. The fraction of sp³-hybridized carbons (Fsp3) is 0.462. The van der Waals surface area contributed by atoms with Crippen molar-refractivity contribution >= 4 is 33.3 Å². The van der Waals surface area contributed by atoms with Crippen molar-refractivity contribution in [2.24, 2.45) is 0 Å². The number of aryl methyl sites for hydroxylation is 1. The maximum absolute atomic E-state index is 4.75. The van der Waals surface area contributed by atoms with E-state index >= 15 is 0 Å². The molecule has 0 amide bonds. The molecule has 2 rings (SSSR count). The number of para-hydroxylation sites is 1. The fourth-order valence-corrected chi connectivity index (χ4v) is 3.43. The van der Waals surface area contributed by atoms with E-state index in [1.165, 1.54) is 39.4 Å². The second-order valence-corrected chi connectivity index (χ2v) is 5.84. The highest BCUT2D eigenvalue weighted by molar-refractivity contribution is 7.98. The average molecular weight is 251 g/mol. The SMILES string of the molecule is CCCCCc1nc2c(SC)cccc2s1. The van der Waals surface area contributed by atoms with Crippen LogP contribution in [-0.4, -0.2) is 11.2 Å². The number of thioether (sulfide) groups is 1. The quantitative estimate of drug-likeness (QED) is 0.562. The van der Waals surface area contributed by atoms with Gasteiger partial charge in [0.1, 0.15) is 0 Å². The molecule has 0 aliphatic rings. The summed E-state index contributed by atoms with van der Waals surface area (Å²) in [4.78, 5) is 6.05. The molecule has 0 unspecified atom stereocenters. The van der Waals surface area contributed by atoms with E-state index in [0.717, 1.165) is 6.42 Å². The highest BCUT2D eigenvalue weighted by Gasteiger charge is 2.06. The minimum atomic E-state index is 1.14. The Balaban J connectivity index is 2.22. The number of hydrogen-bond donors (Lipinski definition) is 0. The standard InChI is InChI=1S/C13H17NS2/c1-3-4-5-9-12-14-13-10(15-2)7-6-8-11(13)16-12/h6-8H,3-5,9H2,1-2H3. The Bertz CT molecular complexity index is 462. The van der Waals surface area contributed by atoms with Gasteiger partial charge in [0.05, 0.1) is 15.2 Å². The van der Waals surface area contributed by atoms with Crippen molar-refractivity contribution in [2.45, 2.75) is 37.5 Å². The first kappa shape index (κ1) is 11.9. The third-order valence-corrected chi connectivity index (χ3v) is 4.49. The summed E-state index contributed by atoms with van der Waals surface area (Å²) >= 11 is 3.64. The second kappa shape index (κ2) is 5.69. The summed E-state index contributed by atoms with van der Waals surface area (Å²) < 4.78 is 1.33. The van der Waals surface area contributed by atoms with E-state index in [2.05, 4.69) is 31.4 Å². The van der Waals surface area contributed by atoms with Crippen LogP contribution in [-0.2, 0) is 6.42 Å². The van der Waals surface area contributed by atoms with E-state index in [1.807, 2.05) is 11.3 Å². The van der Waals surface area contributed by atoms with Gasteiger partial charge >= 0.3 is 0 Å². The van der Waals surface area contributed by atoms with Crippen LogP contribution < -0.4 is 0 Å². The van der Waals surface area contributed by atoms with Gasteiger partial charge in [-0.1, -0.05) is 25.8 Å². The fourth-order valence-electron chi connectivity index (χ4n) is 1.77. The zero-order valence-corrected chi connectivity index (χ0v) is 11.5. The van der Waals surface area contributed by atoms with Crippen LogP contribution in [0.3, 0.4) is 0 Å².